The van der Waals surface area contributed by atoms with Gasteiger partial charge in [0.15, 0.2) is 0 Å². The first-order chi connectivity index (χ1) is 9.90. The zero-order valence-corrected chi connectivity index (χ0v) is 11.7. The van der Waals surface area contributed by atoms with Gasteiger partial charge in [-0.15, -0.1) is 13.2 Å². The van der Waals surface area contributed by atoms with Crippen molar-refractivity contribution in [3.05, 3.63) is 29.8 Å². The van der Waals surface area contributed by atoms with Gasteiger partial charge in [0.25, 0.3) is 0 Å². The molecule has 0 spiro atoms. The quantitative estimate of drug-likeness (QED) is 0.712. The standard InChI is InChI=1S/C14H19F3O4/c1-19-8-9-20-7-6-12(18)10-11-2-4-13(5-3-11)21-14(15,16)17/h2-5,12,18H,6-10H2,1H3. The van der Waals surface area contributed by atoms with E-state index in [1.54, 1.807) is 7.11 Å². The van der Waals surface area contributed by atoms with Crippen LogP contribution in [0.1, 0.15) is 12.0 Å². The van der Waals surface area contributed by atoms with E-state index in [4.69, 9.17) is 9.47 Å². The van der Waals surface area contributed by atoms with Gasteiger partial charge in [-0.3, -0.25) is 0 Å². The molecule has 1 atom stereocenters. The second-order valence-corrected chi connectivity index (χ2v) is 4.44. The molecule has 0 saturated heterocycles. The van der Waals surface area contributed by atoms with Gasteiger partial charge in [-0.25, -0.2) is 0 Å². The topological polar surface area (TPSA) is 47.9 Å². The summed E-state index contributed by atoms with van der Waals surface area (Å²) in [6.45, 7) is 1.36. The van der Waals surface area contributed by atoms with Crippen molar-refractivity contribution in [3.63, 3.8) is 0 Å². The Balaban J connectivity index is 2.31. The zero-order valence-electron chi connectivity index (χ0n) is 11.7. The Morgan fingerprint density at radius 1 is 1.10 bits per heavy atom. The van der Waals surface area contributed by atoms with Gasteiger partial charge >= 0.3 is 6.36 Å². The molecule has 120 valence electrons. The highest BCUT2D eigenvalue weighted by Gasteiger charge is 2.30. The molecule has 1 unspecified atom stereocenters. The monoisotopic (exact) mass is 308 g/mol. The minimum Gasteiger partial charge on any atom is -0.406 e. The molecule has 0 aromatic heterocycles. The summed E-state index contributed by atoms with van der Waals surface area (Å²) < 4.78 is 49.8. The second-order valence-electron chi connectivity index (χ2n) is 4.44. The van der Waals surface area contributed by atoms with Crippen LogP contribution < -0.4 is 4.74 Å². The van der Waals surface area contributed by atoms with Gasteiger partial charge in [-0.2, -0.15) is 0 Å². The number of hydrogen-bond donors (Lipinski definition) is 1. The number of hydrogen-bond acceptors (Lipinski definition) is 4. The van der Waals surface area contributed by atoms with E-state index in [9.17, 15) is 18.3 Å². The van der Waals surface area contributed by atoms with Gasteiger partial charge in [0.2, 0.25) is 0 Å². The summed E-state index contributed by atoms with van der Waals surface area (Å²) in [6, 6.07) is 5.45. The molecule has 0 bridgehead atoms. The molecular formula is C14H19F3O4. The Morgan fingerprint density at radius 2 is 1.76 bits per heavy atom. The van der Waals surface area contributed by atoms with Crippen molar-refractivity contribution in [2.45, 2.75) is 25.3 Å². The van der Waals surface area contributed by atoms with Gasteiger partial charge in [-0.05, 0) is 30.5 Å². The van der Waals surface area contributed by atoms with E-state index in [-0.39, 0.29) is 5.75 Å². The Kier molecular flexibility index (Phi) is 7.49. The van der Waals surface area contributed by atoms with Crippen molar-refractivity contribution in [1.29, 1.82) is 0 Å². The Bertz CT molecular complexity index is 392. The third-order valence-electron chi connectivity index (χ3n) is 2.66. The number of halogens is 3. The summed E-state index contributed by atoms with van der Waals surface area (Å²) in [5, 5.41) is 9.79. The molecule has 0 aliphatic heterocycles. The van der Waals surface area contributed by atoms with E-state index < -0.39 is 12.5 Å². The predicted molar refractivity (Wildman–Crippen MR) is 70.1 cm³/mol. The smallest absolute Gasteiger partial charge is 0.406 e. The van der Waals surface area contributed by atoms with Crippen LogP contribution >= 0.6 is 0 Å². The molecule has 1 aromatic rings. The van der Waals surface area contributed by atoms with E-state index in [1.807, 2.05) is 0 Å². The van der Waals surface area contributed by atoms with Gasteiger partial charge < -0.3 is 19.3 Å². The third kappa shape index (κ3) is 8.54. The molecule has 0 saturated carbocycles. The lowest BCUT2D eigenvalue weighted by molar-refractivity contribution is -0.274. The fourth-order valence-electron chi connectivity index (χ4n) is 1.67. The van der Waals surface area contributed by atoms with Crippen molar-refractivity contribution < 1.29 is 32.5 Å². The summed E-state index contributed by atoms with van der Waals surface area (Å²) in [7, 11) is 1.57. The summed E-state index contributed by atoms with van der Waals surface area (Å²) in [5.74, 6) is -0.274. The fourth-order valence-corrected chi connectivity index (χ4v) is 1.67. The molecule has 0 fully saturated rings. The van der Waals surface area contributed by atoms with Crippen LogP contribution in [0.4, 0.5) is 13.2 Å². The first-order valence-corrected chi connectivity index (χ1v) is 6.50. The second kappa shape index (κ2) is 8.86. The van der Waals surface area contributed by atoms with E-state index in [2.05, 4.69) is 4.74 Å². The highest BCUT2D eigenvalue weighted by atomic mass is 19.4. The number of aliphatic hydroxyl groups is 1. The van der Waals surface area contributed by atoms with Crippen molar-refractivity contribution in [1.82, 2.24) is 0 Å². The number of aliphatic hydroxyl groups excluding tert-OH is 1. The van der Waals surface area contributed by atoms with Gasteiger partial charge in [0, 0.05) is 13.7 Å². The molecular weight excluding hydrogens is 289 g/mol. The van der Waals surface area contributed by atoms with Crippen LogP contribution in [0.25, 0.3) is 0 Å². The van der Waals surface area contributed by atoms with E-state index >= 15 is 0 Å². The highest BCUT2D eigenvalue weighted by Crippen LogP contribution is 2.23. The van der Waals surface area contributed by atoms with Crippen LogP contribution in [0.5, 0.6) is 5.75 Å². The largest absolute Gasteiger partial charge is 0.573 e. The van der Waals surface area contributed by atoms with Crippen molar-refractivity contribution >= 4 is 0 Å². The lowest BCUT2D eigenvalue weighted by Gasteiger charge is -2.12. The van der Waals surface area contributed by atoms with Crippen LogP contribution in [0.2, 0.25) is 0 Å². The predicted octanol–water partition coefficient (Wildman–Crippen LogP) is 2.54. The molecule has 0 aliphatic rings. The molecule has 0 heterocycles. The normalized spacial score (nSPS) is 13.2. The minimum atomic E-state index is -4.69. The lowest BCUT2D eigenvalue weighted by atomic mass is 10.1. The molecule has 7 heteroatoms. The molecule has 4 nitrogen and oxygen atoms in total. The Labute approximate surface area is 121 Å². The molecule has 1 rings (SSSR count). The fraction of sp³-hybridized carbons (Fsp3) is 0.571. The van der Waals surface area contributed by atoms with Gasteiger partial charge in [-0.1, -0.05) is 12.1 Å². The van der Waals surface area contributed by atoms with E-state index in [1.165, 1.54) is 24.3 Å². The number of methoxy groups -OCH3 is 1. The molecule has 21 heavy (non-hydrogen) atoms. The van der Waals surface area contributed by atoms with Crippen LogP contribution in [0.15, 0.2) is 24.3 Å². The molecule has 1 N–H and O–H groups in total. The van der Waals surface area contributed by atoms with Crippen LogP contribution in [0, 0.1) is 0 Å². The van der Waals surface area contributed by atoms with Crippen LogP contribution in [-0.4, -0.2) is 44.5 Å². The minimum absolute atomic E-state index is 0.274. The average Bonchev–Trinajstić information content (AvgIpc) is 2.39. The Hall–Kier alpha value is -1.31. The molecule has 1 aromatic carbocycles. The number of ether oxygens (including phenoxy) is 3. The molecule has 0 aliphatic carbocycles. The van der Waals surface area contributed by atoms with Crippen molar-refractivity contribution in [2.24, 2.45) is 0 Å². The van der Waals surface area contributed by atoms with Crippen LogP contribution in [-0.2, 0) is 15.9 Å². The van der Waals surface area contributed by atoms with Crippen molar-refractivity contribution in [2.75, 3.05) is 26.9 Å². The number of rotatable bonds is 9. The first-order valence-electron chi connectivity index (χ1n) is 6.50. The summed E-state index contributed by atoms with van der Waals surface area (Å²) in [6.07, 6.45) is -4.51. The maximum atomic E-state index is 12.0. The zero-order chi connectivity index (χ0) is 15.7. The van der Waals surface area contributed by atoms with Crippen molar-refractivity contribution in [3.8, 4) is 5.75 Å². The molecule has 0 radical (unpaired) electrons. The number of alkyl halides is 3. The van der Waals surface area contributed by atoms with E-state index in [0.717, 1.165) is 5.56 Å². The SMILES string of the molecule is COCCOCCC(O)Cc1ccc(OC(F)(F)F)cc1. The maximum Gasteiger partial charge on any atom is 0.573 e. The molecule has 0 amide bonds. The van der Waals surface area contributed by atoms with Gasteiger partial charge in [0.05, 0.1) is 19.3 Å². The summed E-state index contributed by atoms with van der Waals surface area (Å²) in [4.78, 5) is 0. The summed E-state index contributed by atoms with van der Waals surface area (Å²) >= 11 is 0. The van der Waals surface area contributed by atoms with Crippen LogP contribution in [0.3, 0.4) is 0 Å². The Morgan fingerprint density at radius 3 is 2.33 bits per heavy atom. The summed E-state index contributed by atoms with van der Waals surface area (Å²) in [5.41, 5.74) is 0.730. The maximum absolute atomic E-state index is 12.0. The average molecular weight is 308 g/mol. The van der Waals surface area contributed by atoms with E-state index in [0.29, 0.717) is 32.7 Å². The number of benzene rings is 1. The van der Waals surface area contributed by atoms with Gasteiger partial charge in [0.1, 0.15) is 5.75 Å². The third-order valence-corrected chi connectivity index (χ3v) is 2.66. The highest BCUT2D eigenvalue weighted by molar-refractivity contribution is 5.27. The lowest BCUT2D eigenvalue weighted by Crippen LogP contribution is -2.17. The first kappa shape index (κ1) is 17.7.